The van der Waals surface area contributed by atoms with Crippen molar-refractivity contribution in [2.75, 3.05) is 5.32 Å². The zero-order chi connectivity index (χ0) is 19.0. The molecule has 0 unspecified atom stereocenters. The van der Waals surface area contributed by atoms with Crippen molar-refractivity contribution in [1.29, 1.82) is 0 Å². The molecule has 138 valence electrons. The molecule has 0 aliphatic carbocycles. The fraction of sp³-hybridized carbons (Fsp3) is 0.188. The molecule has 0 fully saturated rings. The highest BCUT2D eigenvalue weighted by atomic mass is 35.6. The Bertz CT molecular complexity index is 729. The third-order valence-electron chi connectivity index (χ3n) is 2.98. The smallest absolute Gasteiger partial charge is 0.409 e. The number of nitrogens with one attached hydrogen (secondary N) is 3. The lowest BCUT2D eigenvalue weighted by molar-refractivity contribution is 0.135. The number of aromatic nitrogens is 1. The molecule has 2 rings (SSSR count). The van der Waals surface area contributed by atoms with Crippen molar-refractivity contribution in [3.8, 4) is 0 Å². The maximum absolute atomic E-state index is 12.0. The van der Waals surface area contributed by atoms with Crippen LogP contribution in [0.15, 0.2) is 54.7 Å². The number of rotatable bonds is 5. The van der Waals surface area contributed by atoms with Crippen molar-refractivity contribution < 1.29 is 9.53 Å². The van der Waals surface area contributed by atoms with E-state index in [1.54, 1.807) is 24.4 Å². The Labute approximate surface area is 171 Å². The molecule has 1 heterocycles. The van der Waals surface area contributed by atoms with E-state index in [1.807, 2.05) is 30.3 Å². The van der Waals surface area contributed by atoms with Crippen LogP contribution in [0.3, 0.4) is 0 Å². The van der Waals surface area contributed by atoms with Crippen LogP contribution in [0, 0.1) is 0 Å². The standard InChI is InChI=1S/C16H15Cl3N4O2S/c17-16(18,19)13(22-14(26)21-12-8-4-5-9-20-12)23-15(24)25-10-11-6-2-1-3-7-11/h1-9,13H,10H2,(H,23,24)(H2,20,21,22,26)/t13-/m1/s1. The lowest BCUT2D eigenvalue weighted by Gasteiger charge is -2.27. The molecule has 0 bridgehead atoms. The molecule has 0 saturated heterocycles. The first-order valence-corrected chi connectivity index (χ1v) is 8.91. The zero-order valence-electron chi connectivity index (χ0n) is 13.3. The number of ether oxygens (including phenoxy) is 1. The Balaban J connectivity index is 1.90. The summed E-state index contributed by atoms with van der Waals surface area (Å²) in [7, 11) is 0. The Hall–Kier alpha value is -1.80. The van der Waals surface area contributed by atoms with Crippen LogP contribution in [0.1, 0.15) is 5.56 Å². The lowest BCUT2D eigenvalue weighted by Crippen LogP contribution is -2.56. The number of carbonyl (C=O) groups excluding carboxylic acids is 1. The van der Waals surface area contributed by atoms with Crippen LogP contribution in [0.2, 0.25) is 0 Å². The van der Waals surface area contributed by atoms with E-state index in [1.165, 1.54) is 0 Å². The van der Waals surface area contributed by atoms with Gasteiger partial charge in [-0.2, -0.15) is 0 Å². The minimum absolute atomic E-state index is 0.0792. The van der Waals surface area contributed by atoms with Crippen molar-refractivity contribution in [2.24, 2.45) is 0 Å². The number of benzene rings is 1. The summed E-state index contributed by atoms with van der Waals surface area (Å²) < 4.78 is 3.24. The summed E-state index contributed by atoms with van der Waals surface area (Å²) in [5.74, 6) is 0.500. The zero-order valence-corrected chi connectivity index (χ0v) is 16.4. The first-order chi connectivity index (χ1) is 12.3. The van der Waals surface area contributed by atoms with Gasteiger partial charge in [0.05, 0.1) is 0 Å². The SMILES string of the molecule is O=C(N[C@@H](NC(=S)Nc1ccccn1)C(Cl)(Cl)Cl)OCc1ccccc1. The summed E-state index contributed by atoms with van der Waals surface area (Å²) >= 11 is 22.9. The quantitative estimate of drug-likeness (QED) is 0.376. The van der Waals surface area contributed by atoms with Crippen LogP contribution >= 0.6 is 47.0 Å². The maximum atomic E-state index is 12.0. The van der Waals surface area contributed by atoms with Gasteiger partial charge in [-0.1, -0.05) is 71.2 Å². The summed E-state index contributed by atoms with van der Waals surface area (Å²) in [6, 6.07) is 14.4. The van der Waals surface area contributed by atoms with Crippen LogP contribution < -0.4 is 16.0 Å². The number of amides is 1. The third kappa shape index (κ3) is 7.21. The van der Waals surface area contributed by atoms with Gasteiger partial charge in [-0.25, -0.2) is 9.78 Å². The molecule has 6 nitrogen and oxygen atoms in total. The molecule has 0 aliphatic heterocycles. The predicted octanol–water partition coefficient (Wildman–Crippen LogP) is 3.99. The molecule has 1 amide bonds. The molecule has 1 aromatic carbocycles. The van der Waals surface area contributed by atoms with Gasteiger partial charge in [0.1, 0.15) is 12.4 Å². The molecule has 0 aliphatic rings. The van der Waals surface area contributed by atoms with Crippen LogP contribution in [0.4, 0.5) is 10.6 Å². The van der Waals surface area contributed by atoms with E-state index in [4.69, 9.17) is 51.8 Å². The average molecular weight is 434 g/mol. The number of anilines is 1. The van der Waals surface area contributed by atoms with Gasteiger partial charge < -0.3 is 15.4 Å². The summed E-state index contributed by atoms with van der Waals surface area (Å²) in [6.45, 7) is 0.0792. The summed E-state index contributed by atoms with van der Waals surface area (Å²) in [4.78, 5) is 16.1. The molecular formula is C16H15Cl3N4O2S. The van der Waals surface area contributed by atoms with E-state index >= 15 is 0 Å². The second-order valence-corrected chi connectivity index (χ2v) is 7.77. The second kappa shape index (κ2) is 9.78. The minimum atomic E-state index is -1.87. The topological polar surface area (TPSA) is 75.3 Å². The Kier molecular flexibility index (Phi) is 7.71. The van der Waals surface area contributed by atoms with Crippen LogP contribution in [0.25, 0.3) is 0 Å². The molecule has 3 N–H and O–H groups in total. The van der Waals surface area contributed by atoms with Gasteiger partial charge in [0.25, 0.3) is 0 Å². The first-order valence-electron chi connectivity index (χ1n) is 7.37. The predicted molar refractivity (Wildman–Crippen MR) is 107 cm³/mol. The number of alkyl carbamates (subject to hydrolysis) is 1. The average Bonchev–Trinajstić information content (AvgIpc) is 2.60. The Morgan fingerprint density at radius 1 is 1.12 bits per heavy atom. The highest BCUT2D eigenvalue weighted by Gasteiger charge is 2.35. The molecule has 26 heavy (non-hydrogen) atoms. The van der Waals surface area contributed by atoms with Crippen molar-refractivity contribution in [3.05, 3.63) is 60.3 Å². The van der Waals surface area contributed by atoms with Crippen LogP contribution in [-0.4, -0.2) is 26.1 Å². The van der Waals surface area contributed by atoms with Gasteiger partial charge in [0.2, 0.25) is 3.79 Å². The molecular weight excluding hydrogens is 419 g/mol. The fourth-order valence-corrected chi connectivity index (χ4v) is 2.35. The van der Waals surface area contributed by atoms with E-state index in [-0.39, 0.29) is 11.7 Å². The van der Waals surface area contributed by atoms with Crippen LogP contribution in [-0.2, 0) is 11.3 Å². The monoisotopic (exact) mass is 432 g/mol. The number of hydrogen-bond donors (Lipinski definition) is 3. The first kappa shape index (κ1) is 20.5. The molecule has 0 radical (unpaired) electrons. The highest BCUT2D eigenvalue weighted by molar-refractivity contribution is 7.80. The van der Waals surface area contributed by atoms with Crippen molar-refractivity contribution in [1.82, 2.24) is 15.6 Å². The number of hydrogen-bond acceptors (Lipinski definition) is 4. The molecule has 2 aromatic rings. The Morgan fingerprint density at radius 2 is 1.81 bits per heavy atom. The third-order valence-corrected chi connectivity index (χ3v) is 3.86. The van der Waals surface area contributed by atoms with Gasteiger partial charge in [0.15, 0.2) is 11.3 Å². The number of carbonyl (C=O) groups is 1. The number of nitrogens with zero attached hydrogens (tertiary/aromatic N) is 1. The molecule has 1 atom stereocenters. The van der Waals surface area contributed by atoms with E-state index in [2.05, 4.69) is 20.9 Å². The van der Waals surface area contributed by atoms with Crippen molar-refractivity contribution in [2.45, 2.75) is 16.6 Å². The van der Waals surface area contributed by atoms with Gasteiger partial charge in [-0.05, 0) is 29.9 Å². The van der Waals surface area contributed by atoms with E-state index < -0.39 is 16.1 Å². The van der Waals surface area contributed by atoms with Crippen molar-refractivity contribution in [3.63, 3.8) is 0 Å². The van der Waals surface area contributed by atoms with E-state index in [0.29, 0.717) is 5.82 Å². The lowest BCUT2D eigenvalue weighted by atomic mass is 10.2. The minimum Gasteiger partial charge on any atom is -0.445 e. The summed E-state index contributed by atoms with van der Waals surface area (Å²) in [6.07, 6.45) is -0.297. The van der Waals surface area contributed by atoms with Crippen LogP contribution in [0.5, 0.6) is 0 Å². The largest absolute Gasteiger partial charge is 0.445 e. The van der Waals surface area contributed by atoms with Gasteiger partial charge in [-0.15, -0.1) is 0 Å². The molecule has 10 heteroatoms. The highest BCUT2D eigenvalue weighted by Crippen LogP contribution is 2.29. The summed E-state index contributed by atoms with van der Waals surface area (Å²) in [5, 5.41) is 8.07. The fourth-order valence-electron chi connectivity index (χ4n) is 1.80. The number of halogens is 3. The molecule has 1 aromatic heterocycles. The number of thiocarbonyl (C=S) groups is 1. The molecule has 0 saturated carbocycles. The van der Waals surface area contributed by atoms with Crippen molar-refractivity contribution >= 4 is 64.0 Å². The second-order valence-electron chi connectivity index (χ2n) is 4.99. The molecule has 0 spiro atoms. The summed E-state index contributed by atoms with van der Waals surface area (Å²) in [5.41, 5.74) is 0.827. The van der Waals surface area contributed by atoms with Gasteiger partial charge in [-0.3, -0.25) is 5.32 Å². The number of pyridine rings is 1. The number of alkyl halides is 3. The van der Waals surface area contributed by atoms with Gasteiger partial charge in [0, 0.05) is 6.20 Å². The maximum Gasteiger partial charge on any atom is 0.409 e. The van der Waals surface area contributed by atoms with Gasteiger partial charge >= 0.3 is 6.09 Å². The Morgan fingerprint density at radius 3 is 2.42 bits per heavy atom. The normalized spacial score (nSPS) is 12.0. The van der Waals surface area contributed by atoms with E-state index in [0.717, 1.165) is 5.56 Å². The van der Waals surface area contributed by atoms with E-state index in [9.17, 15) is 4.79 Å².